The van der Waals surface area contributed by atoms with Crippen LogP contribution in [0.15, 0.2) is 54.6 Å². The number of carbonyl (C=O) groups excluding carboxylic acids is 1. The predicted molar refractivity (Wildman–Crippen MR) is 72.2 cm³/mol. The van der Waals surface area contributed by atoms with Gasteiger partial charge in [-0.15, -0.1) is 0 Å². The van der Waals surface area contributed by atoms with Crippen LogP contribution in [-0.2, 0) is 0 Å². The fraction of sp³-hybridized carbons (Fsp3) is 0.188. The molecule has 2 nitrogen and oxygen atoms in total. The van der Waals surface area contributed by atoms with Crippen molar-refractivity contribution in [1.82, 2.24) is 0 Å². The number of benzene rings is 2. The Morgan fingerprint density at radius 3 is 2.44 bits per heavy atom. The van der Waals surface area contributed by atoms with Gasteiger partial charge in [0.1, 0.15) is 5.75 Å². The summed E-state index contributed by atoms with van der Waals surface area (Å²) < 4.78 is 5.14. The lowest BCUT2D eigenvalue weighted by Gasteiger charge is -2.11. The third-order valence-electron chi connectivity index (χ3n) is 3.05. The number of rotatable bonds is 4. The van der Waals surface area contributed by atoms with Gasteiger partial charge in [-0.25, -0.2) is 0 Å². The second-order valence-electron chi connectivity index (χ2n) is 4.23. The molecule has 0 saturated heterocycles. The summed E-state index contributed by atoms with van der Waals surface area (Å²) in [5.41, 5.74) is 1.72. The molecular formula is C16H16O2. The SMILES string of the molecule is COc1cccc(C(=O)[C@@H](C)c2ccccc2)c1. The highest BCUT2D eigenvalue weighted by molar-refractivity contribution is 6.01. The first kappa shape index (κ1) is 12.4. The summed E-state index contributed by atoms with van der Waals surface area (Å²) in [7, 11) is 1.60. The minimum atomic E-state index is -0.140. The molecule has 0 aromatic heterocycles. The lowest BCUT2D eigenvalue weighted by atomic mass is 9.92. The average molecular weight is 240 g/mol. The molecule has 0 radical (unpaired) electrons. The first-order valence-corrected chi connectivity index (χ1v) is 5.95. The van der Waals surface area contributed by atoms with E-state index in [9.17, 15) is 4.79 Å². The van der Waals surface area contributed by atoms with Crippen LogP contribution in [0.4, 0.5) is 0 Å². The monoisotopic (exact) mass is 240 g/mol. The zero-order chi connectivity index (χ0) is 13.0. The summed E-state index contributed by atoms with van der Waals surface area (Å²) in [5, 5.41) is 0. The lowest BCUT2D eigenvalue weighted by molar-refractivity contribution is 0.0966. The fourth-order valence-electron chi connectivity index (χ4n) is 1.92. The van der Waals surface area contributed by atoms with Gasteiger partial charge in [-0.3, -0.25) is 4.79 Å². The van der Waals surface area contributed by atoms with Crippen molar-refractivity contribution in [2.24, 2.45) is 0 Å². The van der Waals surface area contributed by atoms with Gasteiger partial charge in [0, 0.05) is 11.5 Å². The molecule has 2 aromatic rings. The van der Waals surface area contributed by atoms with Gasteiger partial charge in [0.2, 0.25) is 0 Å². The molecule has 0 saturated carbocycles. The van der Waals surface area contributed by atoms with Crippen LogP contribution < -0.4 is 4.74 Å². The van der Waals surface area contributed by atoms with Crippen molar-refractivity contribution < 1.29 is 9.53 Å². The van der Waals surface area contributed by atoms with E-state index in [-0.39, 0.29) is 11.7 Å². The molecule has 1 atom stereocenters. The van der Waals surface area contributed by atoms with Crippen LogP contribution in [0.5, 0.6) is 5.75 Å². The molecule has 0 aliphatic heterocycles. The van der Waals surface area contributed by atoms with Crippen LogP contribution in [0.2, 0.25) is 0 Å². The van der Waals surface area contributed by atoms with Crippen LogP contribution in [0, 0.1) is 0 Å². The Bertz CT molecular complexity index is 532. The highest BCUT2D eigenvalue weighted by Gasteiger charge is 2.17. The Morgan fingerprint density at radius 1 is 1.06 bits per heavy atom. The molecule has 0 fully saturated rings. The molecule has 2 heteroatoms. The van der Waals surface area contributed by atoms with Gasteiger partial charge in [-0.05, 0) is 17.7 Å². The summed E-state index contributed by atoms with van der Waals surface area (Å²) in [6, 6.07) is 17.1. The van der Waals surface area contributed by atoms with E-state index in [1.807, 2.05) is 55.5 Å². The highest BCUT2D eigenvalue weighted by atomic mass is 16.5. The number of ketones is 1. The Morgan fingerprint density at radius 2 is 1.78 bits per heavy atom. The van der Waals surface area contributed by atoms with E-state index < -0.39 is 0 Å². The maximum absolute atomic E-state index is 12.4. The quantitative estimate of drug-likeness (QED) is 0.762. The van der Waals surface area contributed by atoms with Crippen LogP contribution in [0.25, 0.3) is 0 Å². The summed E-state index contributed by atoms with van der Waals surface area (Å²) in [6.07, 6.45) is 0. The fourth-order valence-corrected chi connectivity index (χ4v) is 1.92. The molecule has 0 heterocycles. The lowest BCUT2D eigenvalue weighted by Crippen LogP contribution is -2.09. The van der Waals surface area contributed by atoms with Crippen LogP contribution >= 0.6 is 0 Å². The van der Waals surface area contributed by atoms with Crippen molar-refractivity contribution in [2.45, 2.75) is 12.8 Å². The third kappa shape index (κ3) is 2.59. The Kier molecular flexibility index (Phi) is 3.78. The van der Waals surface area contributed by atoms with Gasteiger partial charge in [-0.1, -0.05) is 49.4 Å². The number of hydrogen-bond donors (Lipinski definition) is 0. The number of hydrogen-bond acceptors (Lipinski definition) is 2. The summed E-state index contributed by atoms with van der Waals surface area (Å²) in [5.74, 6) is 0.680. The summed E-state index contributed by atoms with van der Waals surface area (Å²) >= 11 is 0. The zero-order valence-electron chi connectivity index (χ0n) is 10.6. The molecule has 2 rings (SSSR count). The molecule has 0 aliphatic rings. The van der Waals surface area contributed by atoms with Crippen LogP contribution in [0.3, 0.4) is 0 Å². The highest BCUT2D eigenvalue weighted by Crippen LogP contribution is 2.22. The molecular weight excluding hydrogens is 224 g/mol. The molecule has 0 aliphatic carbocycles. The van der Waals surface area contributed by atoms with Crippen LogP contribution in [-0.4, -0.2) is 12.9 Å². The second-order valence-corrected chi connectivity index (χ2v) is 4.23. The van der Waals surface area contributed by atoms with E-state index in [2.05, 4.69) is 0 Å². The van der Waals surface area contributed by atoms with Crippen molar-refractivity contribution in [1.29, 1.82) is 0 Å². The molecule has 0 bridgehead atoms. The number of methoxy groups -OCH3 is 1. The summed E-state index contributed by atoms with van der Waals surface area (Å²) in [4.78, 5) is 12.4. The standard InChI is InChI=1S/C16H16O2/c1-12(13-7-4-3-5-8-13)16(17)14-9-6-10-15(11-14)18-2/h3-12H,1-2H3/t12-/m0/s1. The van der Waals surface area contributed by atoms with Crippen molar-refractivity contribution in [3.8, 4) is 5.75 Å². The largest absolute Gasteiger partial charge is 0.497 e. The van der Waals surface area contributed by atoms with Crippen molar-refractivity contribution >= 4 is 5.78 Å². The topological polar surface area (TPSA) is 26.3 Å². The molecule has 0 N–H and O–H groups in total. The van der Waals surface area contributed by atoms with Gasteiger partial charge in [0.05, 0.1) is 7.11 Å². The van der Waals surface area contributed by atoms with E-state index in [4.69, 9.17) is 4.74 Å². The van der Waals surface area contributed by atoms with Crippen molar-refractivity contribution in [2.75, 3.05) is 7.11 Å². The molecule has 92 valence electrons. The minimum absolute atomic E-state index is 0.111. The Hall–Kier alpha value is -2.09. The van der Waals surface area contributed by atoms with E-state index in [1.54, 1.807) is 13.2 Å². The first-order chi connectivity index (χ1) is 8.72. The van der Waals surface area contributed by atoms with Crippen molar-refractivity contribution in [3.63, 3.8) is 0 Å². The second kappa shape index (κ2) is 5.50. The van der Waals surface area contributed by atoms with Gasteiger partial charge in [-0.2, -0.15) is 0 Å². The summed E-state index contributed by atoms with van der Waals surface area (Å²) in [6.45, 7) is 1.93. The van der Waals surface area contributed by atoms with E-state index >= 15 is 0 Å². The normalized spacial score (nSPS) is 11.9. The van der Waals surface area contributed by atoms with Gasteiger partial charge in [0.15, 0.2) is 5.78 Å². The predicted octanol–water partition coefficient (Wildman–Crippen LogP) is 3.68. The van der Waals surface area contributed by atoms with Crippen molar-refractivity contribution in [3.05, 3.63) is 65.7 Å². The maximum atomic E-state index is 12.4. The molecule has 0 amide bonds. The zero-order valence-corrected chi connectivity index (χ0v) is 10.6. The number of ether oxygens (including phenoxy) is 1. The Balaban J connectivity index is 2.25. The molecule has 18 heavy (non-hydrogen) atoms. The maximum Gasteiger partial charge on any atom is 0.170 e. The third-order valence-corrected chi connectivity index (χ3v) is 3.05. The number of carbonyl (C=O) groups is 1. The average Bonchev–Trinajstić information content (AvgIpc) is 2.46. The molecule has 2 aromatic carbocycles. The van der Waals surface area contributed by atoms with E-state index in [0.29, 0.717) is 11.3 Å². The van der Waals surface area contributed by atoms with E-state index in [0.717, 1.165) is 5.56 Å². The first-order valence-electron chi connectivity index (χ1n) is 5.95. The van der Waals surface area contributed by atoms with Gasteiger partial charge >= 0.3 is 0 Å². The van der Waals surface area contributed by atoms with E-state index in [1.165, 1.54) is 0 Å². The minimum Gasteiger partial charge on any atom is -0.497 e. The Labute approximate surface area is 107 Å². The van der Waals surface area contributed by atoms with Crippen LogP contribution in [0.1, 0.15) is 28.8 Å². The smallest absolute Gasteiger partial charge is 0.170 e. The van der Waals surface area contributed by atoms with Gasteiger partial charge in [0.25, 0.3) is 0 Å². The number of Topliss-reactive ketones (excluding diaryl/α,β-unsaturated/α-hetero) is 1. The molecule has 0 spiro atoms. The van der Waals surface area contributed by atoms with Gasteiger partial charge < -0.3 is 4.74 Å². The molecule has 0 unspecified atom stereocenters.